The molecule has 0 radical (unpaired) electrons. The molecule has 0 amide bonds. The number of unbranched alkanes of at least 4 members (excludes halogenated alkanes) is 1. The van der Waals surface area contributed by atoms with E-state index in [4.69, 9.17) is 5.73 Å². The Morgan fingerprint density at radius 3 is 2.86 bits per heavy atom. The summed E-state index contributed by atoms with van der Waals surface area (Å²) in [5.41, 5.74) is 5.88. The molecule has 0 bridgehead atoms. The van der Waals surface area contributed by atoms with Gasteiger partial charge in [-0.15, -0.1) is 11.3 Å². The molecule has 2 rings (SSSR count). The normalized spacial score (nSPS) is 17.8. The van der Waals surface area contributed by atoms with Crippen molar-refractivity contribution in [1.82, 2.24) is 15.1 Å². The average molecular weight is 324 g/mol. The Morgan fingerprint density at radius 1 is 1.32 bits per heavy atom. The third-order valence-electron chi connectivity index (χ3n) is 4.02. The summed E-state index contributed by atoms with van der Waals surface area (Å²) in [5.74, 6) is 0.580. The van der Waals surface area contributed by atoms with Gasteiger partial charge in [-0.05, 0) is 44.3 Å². The predicted octanol–water partition coefficient (Wildman–Crippen LogP) is 1.22. The van der Waals surface area contributed by atoms with Crippen molar-refractivity contribution >= 4 is 17.3 Å². The average Bonchev–Trinajstić information content (AvgIpc) is 3.02. The number of nitrogens with zero attached hydrogens (tertiary/aromatic N) is 3. The molecule has 1 saturated heterocycles. The summed E-state index contributed by atoms with van der Waals surface area (Å²) in [5, 5.41) is 5.29. The lowest BCUT2D eigenvalue weighted by Gasteiger charge is -2.32. The molecule has 2 heterocycles. The van der Waals surface area contributed by atoms with Gasteiger partial charge in [0, 0.05) is 44.1 Å². The van der Waals surface area contributed by atoms with Crippen molar-refractivity contribution in [3.63, 3.8) is 0 Å². The van der Waals surface area contributed by atoms with Gasteiger partial charge >= 0.3 is 0 Å². The second-order valence-corrected chi connectivity index (χ2v) is 6.91. The zero-order chi connectivity index (χ0) is 15.6. The van der Waals surface area contributed by atoms with Crippen molar-refractivity contribution in [2.45, 2.75) is 19.3 Å². The molecule has 5 nitrogen and oxygen atoms in total. The third-order valence-corrected chi connectivity index (χ3v) is 4.95. The Labute approximate surface area is 138 Å². The highest BCUT2D eigenvalue weighted by Crippen LogP contribution is 2.07. The van der Waals surface area contributed by atoms with E-state index < -0.39 is 0 Å². The van der Waals surface area contributed by atoms with Gasteiger partial charge < -0.3 is 20.9 Å². The standard InChI is InChI=1S/C16H29N5S/c1-20-10-12-21(13-11-20)9-3-2-7-18-16(17)19-8-6-15-5-4-14-22-15/h4-5,14H,2-3,6-13H2,1H3,(H3,17,18,19). The number of thiophene rings is 1. The van der Waals surface area contributed by atoms with Crippen LogP contribution in [-0.2, 0) is 6.42 Å². The lowest BCUT2D eigenvalue weighted by atomic mass is 10.2. The van der Waals surface area contributed by atoms with Crippen LogP contribution < -0.4 is 11.1 Å². The highest BCUT2D eigenvalue weighted by molar-refractivity contribution is 7.09. The molecule has 0 unspecified atom stereocenters. The molecule has 124 valence electrons. The van der Waals surface area contributed by atoms with Crippen molar-refractivity contribution in [2.24, 2.45) is 10.7 Å². The first-order chi connectivity index (χ1) is 10.7. The number of aliphatic imine (C=N–C) groups is 1. The second kappa shape index (κ2) is 9.82. The van der Waals surface area contributed by atoms with Gasteiger partial charge in [0.2, 0.25) is 0 Å². The number of guanidine groups is 1. The van der Waals surface area contributed by atoms with Gasteiger partial charge in [0.1, 0.15) is 0 Å². The fourth-order valence-corrected chi connectivity index (χ4v) is 3.25. The van der Waals surface area contributed by atoms with Crippen LogP contribution in [0.25, 0.3) is 0 Å². The number of nitrogens with one attached hydrogen (secondary N) is 1. The van der Waals surface area contributed by atoms with Crippen molar-refractivity contribution in [1.29, 1.82) is 0 Å². The molecular formula is C16H29N5S. The van der Waals surface area contributed by atoms with Crippen molar-refractivity contribution in [2.75, 3.05) is 52.9 Å². The highest BCUT2D eigenvalue weighted by Gasteiger charge is 2.12. The zero-order valence-corrected chi connectivity index (χ0v) is 14.4. The van der Waals surface area contributed by atoms with Gasteiger partial charge in [0.15, 0.2) is 5.96 Å². The third kappa shape index (κ3) is 6.77. The summed E-state index contributed by atoms with van der Waals surface area (Å²) in [4.78, 5) is 10.7. The van der Waals surface area contributed by atoms with E-state index in [9.17, 15) is 0 Å². The van der Waals surface area contributed by atoms with E-state index in [0.29, 0.717) is 5.96 Å². The molecule has 1 aromatic rings. The van der Waals surface area contributed by atoms with E-state index in [-0.39, 0.29) is 0 Å². The summed E-state index contributed by atoms with van der Waals surface area (Å²) in [6, 6.07) is 4.23. The number of nitrogens with two attached hydrogens (primary N) is 1. The van der Waals surface area contributed by atoms with E-state index in [0.717, 1.165) is 25.9 Å². The first-order valence-electron chi connectivity index (χ1n) is 8.21. The summed E-state index contributed by atoms with van der Waals surface area (Å²) in [6.45, 7) is 7.66. The van der Waals surface area contributed by atoms with E-state index in [1.165, 1.54) is 44.0 Å². The molecular weight excluding hydrogens is 294 g/mol. The Bertz CT molecular complexity index is 424. The van der Waals surface area contributed by atoms with E-state index in [1.807, 2.05) is 0 Å². The summed E-state index contributed by atoms with van der Waals surface area (Å²) in [7, 11) is 2.19. The summed E-state index contributed by atoms with van der Waals surface area (Å²) >= 11 is 1.78. The number of piperazine rings is 1. The van der Waals surface area contributed by atoms with Gasteiger partial charge in [-0.25, -0.2) is 0 Å². The second-order valence-electron chi connectivity index (χ2n) is 5.88. The predicted molar refractivity (Wildman–Crippen MR) is 95.7 cm³/mol. The minimum atomic E-state index is 0.580. The molecule has 22 heavy (non-hydrogen) atoms. The quantitative estimate of drug-likeness (QED) is 0.429. The molecule has 0 aromatic carbocycles. The summed E-state index contributed by atoms with van der Waals surface area (Å²) in [6.07, 6.45) is 3.33. The van der Waals surface area contributed by atoms with Crippen LogP contribution in [0, 0.1) is 0 Å². The lowest BCUT2D eigenvalue weighted by molar-refractivity contribution is 0.152. The smallest absolute Gasteiger partial charge is 0.188 e. The van der Waals surface area contributed by atoms with Crippen LogP contribution in [0.4, 0.5) is 0 Å². The number of rotatable bonds is 8. The van der Waals surface area contributed by atoms with Gasteiger partial charge in [-0.2, -0.15) is 0 Å². The van der Waals surface area contributed by atoms with Gasteiger partial charge in [0.25, 0.3) is 0 Å². The molecule has 1 aliphatic heterocycles. The maximum Gasteiger partial charge on any atom is 0.188 e. The van der Waals surface area contributed by atoms with E-state index >= 15 is 0 Å². The van der Waals surface area contributed by atoms with Crippen LogP contribution in [0.15, 0.2) is 22.5 Å². The Hall–Kier alpha value is -1.11. The fraction of sp³-hybridized carbons (Fsp3) is 0.688. The Kier molecular flexibility index (Phi) is 7.70. The largest absolute Gasteiger partial charge is 0.370 e. The lowest BCUT2D eigenvalue weighted by Crippen LogP contribution is -2.44. The fourth-order valence-electron chi connectivity index (χ4n) is 2.54. The molecule has 0 aliphatic carbocycles. The topological polar surface area (TPSA) is 56.9 Å². The minimum absolute atomic E-state index is 0.580. The molecule has 0 saturated carbocycles. The van der Waals surface area contributed by atoms with E-state index in [2.05, 4.69) is 44.7 Å². The van der Waals surface area contributed by atoms with Crippen LogP contribution in [0.2, 0.25) is 0 Å². The van der Waals surface area contributed by atoms with E-state index in [1.54, 1.807) is 11.3 Å². The van der Waals surface area contributed by atoms with Crippen LogP contribution in [0.5, 0.6) is 0 Å². The molecule has 0 atom stereocenters. The SMILES string of the molecule is CN1CCN(CCCCN=C(N)NCCc2cccs2)CC1. The molecule has 1 aliphatic rings. The van der Waals surface area contributed by atoms with Gasteiger partial charge in [-0.1, -0.05) is 6.07 Å². The maximum absolute atomic E-state index is 5.88. The van der Waals surface area contributed by atoms with Gasteiger partial charge in [0.05, 0.1) is 0 Å². The number of hydrogen-bond acceptors (Lipinski definition) is 4. The Morgan fingerprint density at radius 2 is 2.14 bits per heavy atom. The summed E-state index contributed by atoms with van der Waals surface area (Å²) < 4.78 is 0. The zero-order valence-electron chi connectivity index (χ0n) is 13.6. The van der Waals surface area contributed by atoms with Crippen LogP contribution >= 0.6 is 11.3 Å². The number of hydrogen-bond donors (Lipinski definition) is 2. The first kappa shape index (κ1) is 17.2. The van der Waals surface area contributed by atoms with Crippen molar-refractivity contribution in [3.05, 3.63) is 22.4 Å². The molecule has 0 spiro atoms. The minimum Gasteiger partial charge on any atom is -0.370 e. The van der Waals surface area contributed by atoms with Gasteiger partial charge in [-0.3, -0.25) is 4.99 Å². The van der Waals surface area contributed by atoms with Crippen LogP contribution in [0.3, 0.4) is 0 Å². The van der Waals surface area contributed by atoms with Crippen LogP contribution in [-0.4, -0.2) is 68.6 Å². The first-order valence-corrected chi connectivity index (χ1v) is 9.09. The number of likely N-dealkylation sites (N-methyl/N-ethyl adjacent to an activating group) is 1. The maximum atomic E-state index is 5.88. The van der Waals surface area contributed by atoms with Crippen molar-refractivity contribution in [3.8, 4) is 0 Å². The molecule has 6 heteroatoms. The van der Waals surface area contributed by atoms with Crippen molar-refractivity contribution < 1.29 is 0 Å². The van der Waals surface area contributed by atoms with Crippen LogP contribution in [0.1, 0.15) is 17.7 Å². The molecule has 1 fully saturated rings. The highest BCUT2D eigenvalue weighted by atomic mass is 32.1. The monoisotopic (exact) mass is 323 g/mol. The molecule has 1 aromatic heterocycles. The Balaban J connectivity index is 1.48. The molecule has 3 N–H and O–H groups in total.